The van der Waals surface area contributed by atoms with Crippen molar-refractivity contribution in [3.8, 4) is 17.0 Å². The highest BCUT2D eigenvalue weighted by Crippen LogP contribution is 2.27. The summed E-state index contributed by atoms with van der Waals surface area (Å²) in [4.78, 5) is 15.1. The first-order valence-electron chi connectivity index (χ1n) is 10.8. The number of nitrogens with one attached hydrogen (secondary N) is 1. The van der Waals surface area contributed by atoms with Crippen LogP contribution in [0.15, 0.2) is 60.7 Å². The normalized spacial score (nSPS) is 16.1. The number of aromatic nitrogens is 2. The summed E-state index contributed by atoms with van der Waals surface area (Å²) in [5.41, 5.74) is 3.83. The molecule has 0 bridgehead atoms. The number of hydrogen-bond donors (Lipinski definition) is 1. The Morgan fingerprint density at radius 2 is 1.90 bits per heavy atom. The maximum Gasteiger partial charge on any atom is 0.229 e. The summed E-state index contributed by atoms with van der Waals surface area (Å²) in [7, 11) is 0. The summed E-state index contributed by atoms with van der Waals surface area (Å²) < 4.78 is 5.63. The monoisotopic (exact) mass is 416 g/mol. The molecule has 2 heterocycles. The lowest BCUT2D eigenvalue weighted by atomic mass is 9.97. The zero-order valence-electron chi connectivity index (χ0n) is 18.0. The molecule has 0 aliphatic carbocycles. The van der Waals surface area contributed by atoms with Crippen molar-refractivity contribution in [2.24, 2.45) is 5.92 Å². The van der Waals surface area contributed by atoms with Crippen LogP contribution in [-0.2, 0) is 4.79 Å². The number of rotatable bonds is 6. The molecule has 1 N–H and O–H groups in total. The Bertz CT molecular complexity index is 1020. The molecule has 1 atom stereocenters. The number of ether oxygens (including phenoxy) is 1. The van der Waals surface area contributed by atoms with Gasteiger partial charge < -0.3 is 15.0 Å². The highest BCUT2D eigenvalue weighted by atomic mass is 16.5. The lowest BCUT2D eigenvalue weighted by Crippen LogP contribution is -2.41. The first-order valence-corrected chi connectivity index (χ1v) is 10.8. The van der Waals surface area contributed by atoms with Gasteiger partial charge >= 0.3 is 0 Å². The van der Waals surface area contributed by atoms with E-state index in [2.05, 4.69) is 51.6 Å². The second-order valence-electron chi connectivity index (χ2n) is 7.85. The maximum atomic E-state index is 12.9. The number of amides is 1. The van der Waals surface area contributed by atoms with E-state index in [-0.39, 0.29) is 11.8 Å². The third-order valence-corrected chi connectivity index (χ3v) is 5.56. The first-order chi connectivity index (χ1) is 15.1. The third-order valence-electron chi connectivity index (χ3n) is 5.56. The largest absolute Gasteiger partial charge is 0.492 e. The number of benzene rings is 2. The van der Waals surface area contributed by atoms with Gasteiger partial charge in [0, 0.05) is 18.7 Å². The third kappa shape index (κ3) is 5.02. The van der Waals surface area contributed by atoms with Gasteiger partial charge in [-0.2, -0.15) is 0 Å². The van der Waals surface area contributed by atoms with Crippen molar-refractivity contribution in [2.75, 3.05) is 29.9 Å². The molecule has 6 nitrogen and oxygen atoms in total. The van der Waals surface area contributed by atoms with Crippen LogP contribution in [0.5, 0.6) is 5.75 Å². The van der Waals surface area contributed by atoms with E-state index >= 15 is 0 Å². The molecule has 31 heavy (non-hydrogen) atoms. The summed E-state index contributed by atoms with van der Waals surface area (Å²) in [5, 5.41) is 11.9. The van der Waals surface area contributed by atoms with Crippen molar-refractivity contribution in [2.45, 2.75) is 26.7 Å². The number of para-hydroxylation sites is 2. The predicted octanol–water partition coefficient (Wildman–Crippen LogP) is 4.71. The van der Waals surface area contributed by atoms with Crippen molar-refractivity contribution >= 4 is 17.4 Å². The Hall–Kier alpha value is -3.41. The number of piperidine rings is 1. The summed E-state index contributed by atoms with van der Waals surface area (Å²) in [6.07, 6.45) is 1.79. The van der Waals surface area contributed by atoms with Crippen molar-refractivity contribution in [3.05, 3.63) is 66.2 Å². The van der Waals surface area contributed by atoms with Gasteiger partial charge in [0.2, 0.25) is 5.91 Å². The molecule has 1 amide bonds. The van der Waals surface area contributed by atoms with Crippen LogP contribution >= 0.6 is 0 Å². The van der Waals surface area contributed by atoms with Gasteiger partial charge in [-0.25, -0.2) is 0 Å². The van der Waals surface area contributed by atoms with E-state index in [1.54, 1.807) is 0 Å². The molecular weight excluding hydrogens is 388 g/mol. The van der Waals surface area contributed by atoms with Crippen molar-refractivity contribution in [1.29, 1.82) is 0 Å². The number of anilines is 2. The molecule has 1 fully saturated rings. The fraction of sp³-hybridized carbons (Fsp3) is 0.320. The minimum atomic E-state index is -0.109. The number of carbonyl (C=O) groups excluding carboxylic acids is 1. The Balaban J connectivity index is 1.42. The zero-order chi connectivity index (χ0) is 21.6. The maximum absolute atomic E-state index is 12.9. The van der Waals surface area contributed by atoms with E-state index in [1.165, 1.54) is 5.56 Å². The van der Waals surface area contributed by atoms with E-state index < -0.39 is 0 Å². The second-order valence-corrected chi connectivity index (χ2v) is 7.85. The van der Waals surface area contributed by atoms with Gasteiger partial charge in [0.25, 0.3) is 0 Å². The highest BCUT2D eigenvalue weighted by Gasteiger charge is 2.27. The SMILES string of the molecule is CCOc1ccccc1NC(=O)[C@H]1CCCN(c2ccc(-c3ccc(C)cc3)nn2)C1. The minimum absolute atomic E-state index is 0.0149. The molecule has 2 aromatic carbocycles. The van der Waals surface area contributed by atoms with E-state index in [9.17, 15) is 4.79 Å². The summed E-state index contributed by atoms with van der Waals surface area (Å²) in [5.74, 6) is 1.41. The van der Waals surface area contributed by atoms with Crippen molar-refractivity contribution in [1.82, 2.24) is 10.2 Å². The minimum Gasteiger partial charge on any atom is -0.492 e. The Morgan fingerprint density at radius 1 is 1.10 bits per heavy atom. The fourth-order valence-electron chi connectivity index (χ4n) is 3.86. The molecule has 4 rings (SSSR count). The van der Waals surface area contributed by atoms with Crippen molar-refractivity contribution in [3.63, 3.8) is 0 Å². The smallest absolute Gasteiger partial charge is 0.229 e. The fourth-order valence-corrected chi connectivity index (χ4v) is 3.86. The van der Waals surface area contributed by atoms with E-state index in [4.69, 9.17) is 4.74 Å². The summed E-state index contributed by atoms with van der Waals surface area (Å²) >= 11 is 0. The number of carbonyl (C=O) groups is 1. The molecule has 3 aromatic rings. The van der Waals surface area contributed by atoms with E-state index in [0.717, 1.165) is 36.5 Å². The standard InChI is InChI=1S/C25H28N4O2/c1-3-31-23-9-5-4-8-22(23)26-25(30)20-7-6-16-29(17-20)24-15-14-21(27-28-24)19-12-10-18(2)11-13-19/h4-5,8-15,20H,3,6-7,16-17H2,1-2H3,(H,26,30)/t20-/m0/s1. The van der Waals surface area contributed by atoms with Crippen LogP contribution in [0.1, 0.15) is 25.3 Å². The average molecular weight is 417 g/mol. The number of nitrogens with zero attached hydrogens (tertiary/aromatic N) is 3. The van der Waals surface area contributed by atoms with Crippen molar-refractivity contribution < 1.29 is 9.53 Å². The van der Waals surface area contributed by atoms with Gasteiger partial charge in [-0.1, -0.05) is 42.0 Å². The Morgan fingerprint density at radius 3 is 2.65 bits per heavy atom. The highest BCUT2D eigenvalue weighted by molar-refractivity contribution is 5.94. The van der Waals surface area contributed by atoms with Crippen LogP contribution in [0.3, 0.4) is 0 Å². The number of hydrogen-bond acceptors (Lipinski definition) is 5. The molecule has 0 unspecified atom stereocenters. The lowest BCUT2D eigenvalue weighted by molar-refractivity contribution is -0.120. The summed E-state index contributed by atoms with van der Waals surface area (Å²) in [6.45, 7) is 6.06. The first kappa shape index (κ1) is 20.8. The van der Waals surface area contributed by atoms with Crippen LogP contribution in [-0.4, -0.2) is 35.8 Å². The van der Waals surface area contributed by atoms with Gasteiger partial charge in [0.05, 0.1) is 23.9 Å². The van der Waals surface area contributed by atoms with Crippen LogP contribution in [0.25, 0.3) is 11.3 Å². The predicted molar refractivity (Wildman–Crippen MR) is 123 cm³/mol. The number of aryl methyl sites for hydroxylation is 1. The second kappa shape index (κ2) is 9.60. The van der Waals surface area contributed by atoms with Crippen LogP contribution in [0.4, 0.5) is 11.5 Å². The molecule has 0 spiro atoms. The molecule has 0 radical (unpaired) electrons. The van der Waals surface area contributed by atoms with Gasteiger partial charge in [-0.15, -0.1) is 10.2 Å². The molecule has 1 aromatic heterocycles. The Labute approximate surface area is 183 Å². The molecule has 0 saturated carbocycles. The average Bonchev–Trinajstić information content (AvgIpc) is 2.81. The van der Waals surface area contributed by atoms with Gasteiger partial charge in [0.1, 0.15) is 5.75 Å². The van der Waals surface area contributed by atoms with E-state index in [0.29, 0.717) is 24.6 Å². The van der Waals surface area contributed by atoms with E-state index in [1.807, 2.05) is 43.3 Å². The van der Waals surface area contributed by atoms with Gasteiger partial charge in [-0.05, 0) is 51.0 Å². The topological polar surface area (TPSA) is 67.3 Å². The van der Waals surface area contributed by atoms with Gasteiger partial charge in [0.15, 0.2) is 5.82 Å². The van der Waals surface area contributed by atoms with Gasteiger partial charge in [-0.3, -0.25) is 4.79 Å². The molecule has 1 aliphatic rings. The molecular formula is C25H28N4O2. The van der Waals surface area contributed by atoms with Crippen LogP contribution < -0.4 is 15.0 Å². The van der Waals surface area contributed by atoms with Crippen LogP contribution in [0, 0.1) is 12.8 Å². The molecule has 1 aliphatic heterocycles. The molecule has 6 heteroatoms. The zero-order valence-corrected chi connectivity index (χ0v) is 18.0. The lowest BCUT2D eigenvalue weighted by Gasteiger charge is -2.32. The summed E-state index contributed by atoms with van der Waals surface area (Å²) in [6, 6.07) is 19.8. The Kier molecular flexibility index (Phi) is 6.46. The van der Waals surface area contributed by atoms with Crippen LogP contribution in [0.2, 0.25) is 0 Å². The molecule has 1 saturated heterocycles. The quantitative estimate of drug-likeness (QED) is 0.631. The molecule has 160 valence electrons.